The quantitative estimate of drug-likeness (QED) is 0.865. The lowest BCUT2D eigenvalue weighted by molar-refractivity contribution is 0.0989. The molecule has 0 radical (unpaired) electrons. The molecule has 94 valence electrons. The van der Waals surface area contributed by atoms with Crippen LogP contribution in [0.1, 0.15) is 18.1 Å². The van der Waals surface area contributed by atoms with E-state index < -0.39 is 0 Å². The van der Waals surface area contributed by atoms with Crippen molar-refractivity contribution in [3.8, 4) is 0 Å². The lowest BCUT2D eigenvalue weighted by Crippen LogP contribution is -2.44. The van der Waals surface area contributed by atoms with Crippen LogP contribution in [0.5, 0.6) is 0 Å². The molecule has 1 aromatic carbocycles. The van der Waals surface area contributed by atoms with Crippen molar-refractivity contribution >= 4 is 5.69 Å². The number of rotatable bonds is 3. The van der Waals surface area contributed by atoms with E-state index in [-0.39, 0.29) is 0 Å². The Labute approximate surface area is 104 Å². The van der Waals surface area contributed by atoms with Crippen LogP contribution in [-0.2, 0) is 11.2 Å². The number of hydrogen-bond donors (Lipinski definition) is 1. The van der Waals surface area contributed by atoms with Crippen LogP contribution in [0.15, 0.2) is 18.2 Å². The van der Waals surface area contributed by atoms with Crippen LogP contribution in [0, 0.1) is 6.92 Å². The van der Waals surface area contributed by atoms with Crippen LogP contribution in [0.4, 0.5) is 5.69 Å². The summed E-state index contributed by atoms with van der Waals surface area (Å²) in [6, 6.07) is 7.13. The third kappa shape index (κ3) is 2.79. The van der Waals surface area contributed by atoms with Gasteiger partial charge in [-0.1, -0.05) is 12.1 Å². The Morgan fingerprint density at radius 2 is 2.29 bits per heavy atom. The van der Waals surface area contributed by atoms with E-state index in [2.05, 4.69) is 36.9 Å². The first-order valence-corrected chi connectivity index (χ1v) is 6.36. The van der Waals surface area contributed by atoms with Crippen molar-refractivity contribution in [2.24, 2.45) is 5.73 Å². The maximum absolute atomic E-state index is 5.59. The SMILES string of the molecule is Cc1cc(CCN)ccc1N1CCOCC1C. The van der Waals surface area contributed by atoms with E-state index >= 15 is 0 Å². The summed E-state index contributed by atoms with van der Waals surface area (Å²) in [6.45, 7) is 7.74. The Hall–Kier alpha value is -1.06. The maximum atomic E-state index is 5.59. The van der Waals surface area contributed by atoms with Gasteiger partial charge in [-0.2, -0.15) is 0 Å². The first-order valence-electron chi connectivity index (χ1n) is 6.36. The lowest BCUT2D eigenvalue weighted by Gasteiger charge is -2.36. The summed E-state index contributed by atoms with van der Waals surface area (Å²) in [5.41, 5.74) is 9.59. The number of nitrogens with two attached hydrogens (primary N) is 1. The molecule has 1 aromatic rings. The number of hydrogen-bond acceptors (Lipinski definition) is 3. The van der Waals surface area contributed by atoms with Gasteiger partial charge in [0.25, 0.3) is 0 Å². The molecule has 1 unspecified atom stereocenters. The van der Waals surface area contributed by atoms with E-state index in [9.17, 15) is 0 Å². The average Bonchev–Trinajstić information content (AvgIpc) is 2.31. The third-order valence-corrected chi connectivity index (χ3v) is 3.37. The van der Waals surface area contributed by atoms with Crippen molar-refractivity contribution in [2.45, 2.75) is 26.3 Å². The number of aryl methyl sites for hydroxylation is 1. The van der Waals surface area contributed by atoms with E-state index in [1.54, 1.807) is 0 Å². The second-order valence-electron chi connectivity index (χ2n) is 4.78. The summed E-state index contributed by atoms with van der Waals surface area (Å²) in [4.78, 5) is 2.44. The number of morpholine rings is 1. The van der Waals surface area contributed by atoms with Crippen LogP contribution >= 0.6 is 0 Å². The molecule has 17 heavy (non-hydrogen) atoms. The van der Waals surface area contributed by atoms with Crippen molar-refractivity contribution in [3.05, 3.63) is 29.3 Å². The molecule has 1 aliphatic rings. The number of nitrogens with zero attached hydrogens (tertiary/aromatic N) is 1. The van der Waals surface area contributed by atoms with Gasteiger partial charge in [0, 0.05) is 18.3 Å². The Bertz CT molecular complexity index is 378. The van der Waals surface area contributed by atoms with Crippen molar-refractivity contribution in [1.29, 1.82) is 0 Å². The summed E-state index contributed by atoms with van der Waals surface area (Å²) in [5.74, 6) is 0. The van der Waals surface area contributed by atoms with Crippen LogP contribution in [0.3, 0.4) is 0 Å². The molecule has 1 fully saturated rings. The van der Waals surface area contributed by atoms with E-state index in [1.807, 2.05) is 0 Å². The third-order valence-electron chi connectivity index (χ3n) is 3.37. The zero-order valence-electron chi connectivity index (χ0n) is 10.8. The molecule has 0 aliphatic carbocycles. The van der Waals surface area contributed by atoms with Gasteiger partial charge in [-0.05, 0) is 44.0 Å². The van der Waals surface area contributed by atoms with Gasteiger partial charge in [-0.3, -0.25) is 0 Å². The molecule has 3 heteroatoms. The number of anilines is 1. The van der Waals surface area contributed by atoms with Gasteiger partial charge in [0.1, 0.15) is 0 Å². The normalized spacial score (nSPS) is 20.6. The fraction of sp³-hybridized carbons (Fsp3) is 0.571. The van der Waals surface area contributed by atoms with Crippen molar-refractivity contribution in [3.63, 3.8) is 0 Å². The highest BCUT2D eigenvalue weighted by atomic mass is 16.5. The predicted octanol–water partition coefficient (Wildman–Crippen LogP) is 1.72. The second kappa shape index (κ2) is 5.52. The predicted molar refractivity (Wildman–Crippen MR) is 71.6 cm³/mol. The summed E-state index contributed by atoms with van der Waals surface area (Å²) in [6.07, 6.45) is 0.958. The summed E-state index contributed by atoms with van der Waals surface area (Å²) in [5, 5.41) is 0. The van der Waals surface area contributed by atoms with E-state index in [4.69, 9.17) is 10.5 Å². The fourth-order valence-corrected chi connectivity index (χ4v) is 2.45. The molecule has 1 heterocycles. The lowest BCUT2D eigenvalue weighted by atomic mass is 10.0. The fourth-order valence-electron chi connectivity index (χ4n) is 2.45. The largest absolute Gasteiger partial charge is 0.377 e. The monoisotopic (exact) mass is 234 g/mol. The summed E-state index contributed by atoms with van der Waals surface area (Å²) in [7, 11) is 0. The minimum Gasteiger partial charge on any atom is -0.377 e. The highest BCUT2D eigenvalue weighted by molar-refractivity contribution is 5.55. The average molecular weight is 234 g/mol. The smallest absolute Gasteiger partial charge is 0.0668 e. The first kappa shape index (κ1) is 12.4. The van der Waals surface area contributed by atoms with Gasteiger partial charge < -0.3 is 15.4 Å². The minimum absolute atomic E-state index is 0.461. The molecule has 0 spiro atoms. The van der Waals surface area contributed by atoms with Crippen molar-refractivity contribution < 1.29 is 4.74 Å². The molecule has 1 atom stereocenters. The zero-order valence-corrected chi connectivity index (χ0v) is 10.8. The Morgan fingerprint density at radius 1 is 1.47 bits per heavy atom. The molecular weight excluding hydrogens is 212 g/mol. The summed E-state index contributed by atoms with van der Waals surface area (Å²) >= 11 is 0. The van der Waals surface area contributed by atoms with E-state index in [0.29, 0.717) is 12.6 Å². The van der Waals surface area contributed by atoms with Gasteiger partial charge in [-0.25, -0.2) is 0 Å². The highest BCUT2D eigenvalue weighted by Crippen LogP contribution is 2.24. The Kier molecular flexibility index (Phi) is 4.02. The minimum atomic E-state index is 0.461. The molecule has 1 saturated heterocycles. The van der Waals surface area contributed by atoms with Gasteiger partial charge in [-0.15, -0.1) is 0 Å². The molecule has 0 amide bonds. The molecule has 1 aliphatic heterocycles. The topological polar surface area (TPSA) is 38.5 Å². The number of ether oxygens (including phenoxy) is 1. The molecule has 2 rings (SSSR count). The molecule has 0 aromatic heterocycles. The second-order valence-corrected chi connectivity index (χ2v) is 4.78. The molecular formula is C14H22N2O. The molecule has 3 nitrogen and oxygen atoms in total. The number of benzene rings is 1. The standard InChI is InChI=1S/C14H22N2O/c1-11-9-13(5-6-15)3-4-14(11)16-7-8-17-10-12(16)2/h3-4,9,12H,5-8,10,15H2,1-2H3. The van der Waals surface area contributed by atoms with Gasteiger partial charge in [0.15, 0.2) is 0 Å². The van der Waals surface area contributed by atoms with Crippen LogP contribution < -0.4 is 10.6 Å². The first-order chi connectivity index (χ1) is 8.22. The summed E-state index contributed by atoms with van der Waals surface area (Å²) < 4.78 is 5.48. The van der Waals surface area contributed by atoms with Crippen molar-refractivity contribution in [2.75, 3.05) is 31.2 Å². The highest BCUT2D eigenvalue weighted by Gasteiger charge is 2.20. The molecule has 2 N–H and O–H groups in total. The maximum Gasteiger partial charge on any atom is 0.0668 e. The van der Waals surface area contributed by atoms with Gasteiger partial charge in [0.2, 0.25) is 0 Å². The van der Waals surface area contributed by atoms with Gasteiger partial charge in [0.05, 0.1) is 13.2 Å². The zero-order chi connectivity index (χ0) is 12.3. The Morgan fingerprint density at radius 3 is 2.94 bits per heavy atom. The van der Waals surface area contributed by atoms with Crippen LogP contribution in [-0.4, -0.2) is 32.3 Å². The van der Waals surface area contributed by atoms with Crippen molar-refractivity contribution in [1.82, 2.24) is 0 Å². The molecule has 0 saturated carbocycles. The Balaban J connectivity index is 2.20. The van der Waals surface area contributed by atoms with Crippen LogP contribution in [0.25, 0.3) is 0 Å². The van der Waals surface area contributed by atoms with E-state index in [0.717, 1.165) is 26.2 Å². The van der Waals surface area contributed by atoms with E-state index in [1.165, 1.54) is 16.8 Å². The molecule has 0 bridgehead atoms. The van der Waals surface area contributed by atoms with Crippen LogP contribution in [0.2, 0.25) is 0 Å². The van der Waals surface area contributed by atoms with Gasteiger partial charge >= 0.3 is 0 Å².